The van der Waals surface area contributed by atoms with Crippen LogP contribution < -0.4 is 0 Å². The summed E-state index contributed by atoms with van der Waals surface area (Å²) in [5.74, 6) is 0. The van der Waals surface area contributed by atoms with E-state index in [1.807, 2.05) is 30.3 Å². The van der Waals surface area contributed by atoms with E-state index in [0.717, 1.165) is 5.56 Å². The van der Waals surface area contributed by atoms with Gasteiger partial charge < -0.3 is 12.5 Å². The Balaban J connectivity index is -0.0000000267. The molecule has 0 aromatic heterocycles. The zero-order valence-corrected chi connectivity index (χ0v) is 22.6. The Kier molecular flexibility index (Phi) is 68.2. The zero-order chi connectivity index (χ0) is 5.82. The first-order valence-electron chi connectivity index (χ1n) is 2.58. The molecule has 0 saturated carbocycles. The van der Waals surface area contributed by atoms with Gasteiger partial charge in [0, 0.05) is 164 Å². The zero-order valence-electron chi connectivity index (χ0n) is 8.43. The SMILES string of the molecule is OCc1ccccc1.[CH3-].[Y].[Y].[Y].[Y].[Y]. The molecule has 0 aliphatic rings. The molecule has 14 heavy (non-hydrogen) atoms. The molecule has 0 aliphatic carbocycles. The topological polar surface area (TPSA) is 20.2 Å². The van der Waals surface area contributed by atoms with Crippen LogP contribution in [0.5, 0.6) is 0 Å². The average Bonchev–Trinajstić information content (AvgIpc) is 1.90. The summed E-state index contributed by atoms with van der Waals surface area (Å²) < 4.78 is 0. The van der Waals surface area contributed by atoms with Crippen molar-refractivity contribution in [1.29, 1.82) is 0 Å². The van der Waals surface area contributed by atoms with Gasteiger partial charge in [-0.15, -0.1) is 0 Å². The molecule has 5 radical (unpaired) electrons. The molecule has 1 rings (SSSR count). The van der Waals surface area contributed by atoms with Crippen LogP contribution in [0.25, 0.3) is 0 Å². The third-order valence-corrected chi connectivity index (χ3v) is 1.03. The summed E-state index contributed by atoms with van der Waals surface area (Å²) in [6, 6.07) is 9.52. The predicted molar refractivity (Wildman–Crippen MR) is 38.8 cm³/mol. The summed E-state index contributed by atoms with van der Waals surface area (Å²) in [4.78, 5) is 0. The van der Waals surface area contributed by atoms with Crippen molar-refractivity contribution >= 4 is 0 Å². The number of rotatable bonds is 1. The van der Waals surface area contributed by atoms with Crippen molar-refractivity contribution in [1.82, 2.24) is 0 Å². The van der Waals surface area contributed by atoms with Crippen LogP contribution in [0.1, 0.15) is 5.56 Å². The molecule has 6 heteroatoms. The molecule has 0 heterocycles. The third kappa shape index (κ3) is 19.0. The molecule has 1 nitrogen and oxygen atoms in total. The minimum Gasteiger partial charge on any atom is -0.392 e. The molecule has 0 spiro atoms. The Hall–Kier alpha value is 4.70. The van der Waals surface area contributed by atoms with Crippen molar-refractivity contribution in [2.75, 3.05) is 0 Å². The number of hydrogen-bond donors (Lipinski definition) is 1. The second-order valence-electron chi connectivity index (χ2n) is 1.64. The second-order valence-corrected chi connectivity index (χ2v) is 1.64. The molecule has 0 aliphatic heterocycles. The maximum atomic E-state index is 8.54. The summed E-state index contributed by atoms with van der Waals surface area (Å²) in [6.07, 6.45) is 0. The van der Waals surface area contributed by atoms with Gasteiger partial charge in [-0.05, 0) is 5.56 Å². The van der Waals surface area contributed by atoms with E-state index in [0.29, 0.717) is 0 Å². The number of aliphatic hydroxyl groups is 1. The molecule has 0 amide bonds. The maximum Gasteiger partial charge on any atom is 0.0681 e. The van der Waals surface area contributed by atoms with Gasteiger partial charge in [-0.1, -0.05) is 30.3 Å². The molecule has 65 valence electrons. The average molecular weight is 568 g/mol. The van der Waals surface area contributed by atoms with E-state index in [1.165, 1.54) is 0 Å². The van der Waals surface area contributed by atoms with E-state index in [1.54, 1.807) is 0 Å². The molecule has 0 unspecified atom stereocenters. The molecule has 1 aromatic carbocycles. The van der Waals surface area contributed by atoms with E-state index in [-0.39, 0.29) is 178 Å². The van der Waals surface area contributed by atoms with Crippen molar-refractivity contribution < 1.29 is 169 Å². The van der Waals surface area contributed by atoms with E-state index in [2.05, 4.69) is 0 Å². The fraction of sp³-hybridized carbons (Fsp3) is 0.125. The first kappa shape index (κ1) is 36.3. The molecule has 1 N–H and O–H groups in total. The first-order valence-corrected chi connectivity index (χ1v) is 2.58. The van der Waals surface area contributed by atoms with Crippen LogP contribution >= 0.6 is 0 Å². The van der Waals surface area contributed by atoms with Gasteiger partial charge >= 0.3 is 0 Å². The van der Waals surface area contributed by atoms with Crippen LogP contribution in [0.15, 0.2) is 30.3 Å². The predicted octanol–water partition coefficient (Wildman–Crippen LogP) is 1.62. The summed E-state index contributed by atoms with van der Waals surface area (Å²) in [6.45, 7) is 0.140. The van der Waals surface area contributed by atoms with Gasteiger partial charge in [0.2, 0.25) is 0 Å². The fourth-order valence-electron chi connectivity index (χ4n) is 0.583. The van der Waals surface area contributed by atoms with Gasteiger partial charge in [0.1, 0.15) is 0 Å². The third-order valence-electron chi connectivity index (χ3n) is 1.03. The molecule has 0 bridgehead atoms. The Morgan fingerprint density at radius 1 is 0.786 bits per heavy atom. The van der Waals surface area contributed by atoms with Crippen molar-refractivity contribution in [3.05, 3.63) is 43.3 Å². The molecule has 0 fully saturated rings. The van der Waals surface area contributed by atoms with Gasteiger partial charge in [0.25, 0.3) is 0 Å². The van der Waals surface area contributed by atoms with E-state index >= 15 is 0 Å². The maximum absolute atomic E-state index is 8.54. The standard InChI is InChI=1S/C7H8O.CH3.5Y/c8-6-7-4-2-1-3-5-7;;;;;;/h1-5,8H,6H2;1H3;;;;;/q;-1;;;;;. The molecular weight excluding hydrogens is 557 g/mol. The normalized spacial score (nSPS) is 5.21. The molecule has 0 atom stereocenters. The van der Waals surface area contributed by atoms with Gasteiger partial charge in [-0.2, -0.15) is 0 Å². The van der Waals surface area contributed by atoms with Crippen LogP contribution in [0.4, 0.5) is 0 Å². The van der Waals surface area contributed by atoms with E-state index < -0.39 is 0 Å². The van der Waals surface area contributed by atoms with Crippen LogP contribution in [0.3, 0.4) is 0 Å². The van der Waals surface area contributed by atoms with Crippen molar-refractivity contribution in [2.24, 2.45) is 0 Å². The molecule has 0 saturated heterocycles. The summed E-state index contributed by atoms with van der Waals surface area (Å²) in [5.41, 5.74) is 0.965. The van der Waals surface area contributed by atoms with E-state index in [4.69, 9.17) is 5.11 Å². The Bertz CT molecular complexity index is 159. The second kappa shape index (κ2) is 26.3. The van der Waals surface area contributed by atoms with Crippen LogP contribution in [-0.4, -0.2) is 5.11 Å². The monoisotopic (exact) mass is 568 g/mol. The largest absolute Gasteiger partial charge is 0.392 e. The summed E-state index contributed by atoms with van der Waals surface area (Å²) >= 11 is 0. The minimum atomic E-state index is 0. The Morgan fingerprint density at radius 3 is 1.36 bits per heavy atom. The first-order chi connectivity index (χ1) is 3.93. The van der Waals surface area contributed by atoms with Crippen molar-refractivity contribution in [3.8, 4) is 0 Å². The number of hydrogen-bond acceptors (Lipinski definition) is 1. The minimum absolute atomic E-state index is 0. The van der Waals surface area contributed by atoms with Crippen LogP contribution in [0.2, 0.25) is 0 Å². The van der Waals surface area contributed by atoms with Gasteiger partial charge in [-0.25, -0.2) is 0 Å². The summed E-state index contributed by atoms with van der Waals surface area (Å²) in [5, 5.41) is 8.54. The van der Waals surface area contributed by atoms with Crippen molar-refractivity contribution in [2.45, 2.75) is 6.61 Å². The fourth-order valence-corrected chi connectivity index (χ4v) is 0.583. The van der Waals surface area contributed by atoms with Gasteiger partial charge in [-0.3, -0.25) is 0 Å². The quantitative estimate of drug-likeness (QED) is 0.512. The van der Waals surface area contributed by atoms with Gasteiger partial charge in [0.15, 0.2) is 0 Å². The number of benzene rings is 1. The smallest absolute Gasteiger partial charge is 0.0681 e. The van der Waals surface area contributed by atoms with E-state index in [9.17, 15) is 0 Å². The molecular formula is C8H11OY5-. The van der Waals surface area contributed by atoms with Crippen LogP contribution in [-0.2, 0) is 170 Å². The van der Waals surface area contributed by atoms with Gasteiger partial charge in [0.05, 0.1) is 6.61 Å². The molecule has 1 aromatic rings. The van der Waals surface area contributed by atoms with Crippen molar-refractivity contribution in [3.63, 3.8) is 0 Å². The van der Waals surface area contributed by atoms with Crippen LogP contribution in [0, 0.1) is 7.43 Å². The Labute approximate surface area is 213 Å². The number of aliphatic hydroxyl groups excluding tert-OH is 1. The Morgan fingerprint density at radius 2 is 1.14 bits per heavy atom. The summed E-state index contributed by atoms with van der Waals surface area (Å²) in [7, 11) is 0.